The standard InChI is InChI=1S/C29H56N2O4/c1-24(32)28(3,4)30-22-26(23-31-29(5,6)25(2)33)20-18-16-14-12-10-8-7-9-11-13-15-17-19-21-27(34)35/h26,30-31H,7-23H2,1-6H3,(H,34,35). The molecule has 0 saturated heterocycles. The minimum Gasteiger partial charge on any atom is -0.481 e. The van der Waals surface area contributed by atoms with Crippen molar-refractivity contribution in [3.05, 3.63) is 0 Å². The molecule has 0 spiro atoms. The molecule has 0 atom stereocenters. The maximum Gasteiger partial charge on any atom is 0.303 e. The van der Waals surface area contributed by atoms with E-state index >= 15 is 0 Å². The Morgan fingerprint density at radius 2 is 0.914 bits per heavy atom. The molecule has 0 saturated carbocycles. The van der Waals surface area contributed by atoms with Crippen LogP contribution in [0.5, 0.6) is 0 Å². The number of carbonyl (C=O) groups is 3. The number of rotatable bonds is 24. The highest BCUT2D eigenvalue weighted by molar-refractivity contribution is 5.85. The predicted molar refractivity (Wildman–Crippen MR) is 146 cm³/mol. The zero-order valence-corrected chi connectivity index (χ0v) is 23.8. The van der Waals surface area contributed by atoms with Crippen LogP contribution in [0, 0.1) is 5.92 Å². The predicted octanol–water partition coefficient (Wildman–Crippen LogP) is 6.45. The lowest BCUT2D eigenvalue weighted by Crippen LogP contribution is -2.51. The molecule has 0 aromatic carbocycles. The molecule has 6 heteroatoms. The molecular formula is C29H56N2O4. The van der Waals surface area contributed by atoms with Gasteiger partial charge in [0, 0.05) is 19.5 Å². The van der Waals surface area contributed by atoms with Crippen LogP contribution in [-0.2, 0) is 14.4 Å². The SMILES string of the molecule is CC(=O)C(C)(C)NCC(CCCCCCCCCCCCCCCC(=O)O)CNC(C)(C)C(C)=O. The van der Waals surface area contributed by atoms with Crippen LogP contribution in [0.2, 0.25) is 0 Å². The lowest BCUT2D eigenvalue weighted by molar-refractivity contribution is -0.137. The first kappa shape index (κ1) is 33.7. The smallest absolute Gasteiger partial charge is 0.303 e. The van der Waals surface area contributed by atoms with Crippen molar-refractivity contribution in [2.45, 2.75) is 149 Å². The molecule has 0 aliphatic heterocycles. The summed E-state index contributed by atoms with van der Waals surface area (Å²) in [5, 5.41) is 15.5. The second-order valence-corrected chi connectivity index (χ2v) is 11.5. The first-order valence-electron chi connectivity index (χ1n) is 14.1. The monoisotopic (exact) mass is 496 g/mol. The quantitative estimate of drug-likeness (QED) is 0.133. The lowest BCUT2D eigenvalue weighted by Gasteiger charge is -2.30. The van der Waals surface area contributed by atoms with Crippen LogP contribution < -0.4 is 10.6 Å². The fraction of sp³-hybridized carbons (Fsp3) is 0.897. The summed E-state index contributed by atoms with van der Waals surface area (Å²) in [5.41, 5.74) is -1.04. The fourth-order valence-corrected chi connectivity index (χ4v) is 3.98. The van der Waals surface area contributed by atoms with Gasteiger partial charge in [0.2, 0.25) is 0 Å². The Balaban J connectivity index is 3.98. The van der Waals surface area contributed by atoms with Gasteiger partial charge < -0.3 is 15.7 Å². The Morgan fingerprint density at radius 3 is 1.23 bits per heavy atom. The normalized spacial score (nSPS) is 12.3. The van der Waals surface area contributed by atoms with Crippen LogP contribution in [0.15, 0.2) is 0 Å². The minimum absolute atomic E-state index is 0.143. The molecule has 0 aromatic heterocycles. The van der Waals surface area contributed by atoms with Crippen molar-refractivity contribution < 1.29 is 19.5 Å². The third-order valence-electron chi connectivity index (χ3n) is 7.43. The number of ketones is 2. The van der Waals surface area contributed by atoms with Crippen LogP contribution in [0.3, 0.4) is 0 Å². The van der Waals surface area contributed by atoms with Gasteiger partial charge in [-0.15, -0.1) is 0 Å². The summed E-state index contributed by atoms with van der Waals surface area (Å²) in [6.07, 6.45) is 17.2. The van der Waals surface area contributed by atoms with E-state index in [9.17, 15) is 14.4 Å². The second kappa shape index (κ2) is 18.9. The van der Waals surface area contributed by atoms with E-state index < -0.39 is 17.0 Å². The highest BCUT2D eigenvalue weighted by atomic mass is 16.4. The number of carboxylic acids is 1. The topological polar surface area (TPSA) is 95.5 Å². The molecule has 0 aliphatic carbocycles. The van der Waals surface area contributed by atoms with Gasteiger partial charge in [0.25, 0.3) is 0 Å². The first-order chi connectivity index (χ1) is 16.4. The summed E-state index contributed by atoms with van der Waals surface area (Å²) in [5.74, 6) is -0.00865. The third-order valence-corrected chi connectivity index (χ3v) is 7.43. The van der Waals surface area contributed by atoms with Crippen LogP contribution in [0.1, 0.15) is 138 Å². The Morgan fingerprint density at radius 1 is 0.600 bits per heavy atom. The van der Waals surface area contributed by atoms with Crippen LogP contribution in [0.25, 0.3) is 0 Å². The maximum absolute atomic E-state index is 11.9. The Labute approximate surface area is 215 Å². The lowest BCUT2D eigenvalue weighted by atomic mass is 9.94. The van der Waals surface area contributed by atoms with Crippen molar-refractivity contribution in [1.29, 1.82) is 0 Å². The number of carboxylic acid groups (broad SMARTS) is 1. The zero-order chi connectivity index (χ0) is 26.7. The zero-order valence-electron chi connectivity index (χ0n) is 23.8. The van der Waals surface area contributed by atoms with E-state index in [2.05, 4.69) is 10.6 Å². The number of aliphatic carboxylic acids is 1. The van der Waals surface area contributed by atoms with E-state index in [0.717, 1.165) is 38.8 Å². The summed E-state index contributed by atoms with van der Waals surface area (Å²) in [6, 6.07) is 0. The van der Waals surface area contributed by atoms with Crippen molar-refractivity contribution in [3.63, 3.8) is 0 Å². The van der Waals surface area contributed by atoms with Gasteiger partial charge in [0.05, 0.1) is 11.1 Å². The summed E-state index contributed by atoms with van der Waals surface area (Å²) in [4.78, 5) is 34.2. The molecule has 35 heavy (non-hydrogen) atoms. The molecule has 0 fully saturated rings. The minimum atomic E-state index is -0.679. The summed E-state index contributed by atoms with van der Waals surface area (Å²) >= 11 is 0. The maximum atomic E-state index is 11.9. The molecule has 0 radical (unpaired) electrons. The number of hydrogen-bond acceptors (Lipinski definition) is 5. The molecule has 0 rings (SSSR count). The van der Waals surface area contributed by atoms with E-state index in [1.807, 2.05) is 27.7 Å². The number of unbranched alkanes of at least 4 members (excludes halogenated alkanes) is 12. The fourth-order valence-electron chi connectivity index (χ4n) is 3.98. The number of Topliss-reactive ketones (excluding diaryl/α,β-unsaturated/α-hetero) is 2. The van der Waals surface area contributed by atoms with E-state index in [1.54, 1.807) is 13.8 Å². The van der Waals surface area contributed by atoms with Gasteiger partial charge in [-0.1, -0.05) is 77.0 Å². The highest BCUT2D eigenvalue weighted by Crippen LogP contribution is 2.16. The number of carbonyl (C=O) groups excluding carboxylic acids is 2. The van der Waals surface area contributed by atoms with Crippen molar-refractivity contribution in [2.75, 3.05) is 13.1 Å². The molecule has 206 valence electrons. The van der Waals surface area contributed by atoms with Gasteiger partial charge in [-0.3, -0.25) is 14.4 Å². The first-order valence-corrected chi connectivity index (χ1v) is 14.1. The van der Waals surface area contributed by atoms with Crippen LogP contribution >= 0.6 is 0 Å². The van der Waals surface area contributed by atoms with E-state index in [0.29, 0.717) is 12.3 Å². The second-order valence-electron chi connectivity index (χ2n) is 11.5. The third kappa shape index (κ3) is 18.6. The Hall–Kier alpha value is -1.27. The highest BCUT2D eigenvalue weighted by Gasteiger charge is 2.26. The van der Waals surface area contributed by atoms with Gasteiger partial charge in [0.1, 0.15) is 11.6 Å². The average molecular weight is 497 g/mol. The van der Waals surface area contributed by atoms with Crippen molar-refractivity contribution in [3.8, 4) is 0 Å². The molecule has 0 heterocycles. The van der Waals surface area contributed by atoms with Gasteiger partial charge in [-0.25, -0.2) is 0 Å². The number of nitrogens with one attached hydrogen (secondary N) is 2. The molecule has 0 amide bonds. The van der Waals surface area contributed by atoms with Crippen LogP contribution in [0.4, 0.5) is 0 Å². The van der Waals surface area contributed by atoms with Crippen LogP contribution in [-0.4, -0.2) is 46.8 Å². The van der Waals surface area contributed by atoms with E-state index in [-0.39, 0.29) is 11.6 Å². The molecule has 3 N–H and O–H groups in total. The van der Waals surface area contributed by atoms with Gasteiger partial charge in [-0.05, 0) is 60.3 Å². The molecule has 0 bridgehead atoms. The number of hydrogen-bond donors (Lipinski definition) is 3. The van der Waals surface area contributed by atoms with Crippen molar-refractivity contribution >= 4 is 17.5 Å². The summed E-state index contributed by atoms with van der Waals surface area (Å²) < 4.78 is 0. The van der Waals surface area contributed by atoms with Gasteiger partial charge in [0.15, 0.2) is 0 Å². The molecular weight excluding hydrogens is 440 g/mol. The molecule has 0 aliphatic rings. The van der Waals surface area contributed by atoms with E-state index in [4.69, 9.17) is 5.11 Å². The summed E-state index contributed by atoms with van der Waals surface area (Å²) in [6.45, 7) is 12.5. The largest absolute Gasteiger partial charge is 0.481 e. The van der Waals surface area contributed by atoms with Gasteiger partial charge in [-0.2, -0.15) is 0 Å². The van der Waals surface area contributed by atoms with E-state index in [1.165, 1.54) is 64.2 Å². The van der Waals surface area contributed by atoms with Gasteiger partial charge >= 0.3 is 5.97 Å². The molecule has 0 aromatic rings. The summed E-state index contributed by atoms with van der Waals surface area (Å²) in [7, 11) is 0. The Bertz CT molecular complexity index is 571. The average Bonchev–Trinajstić information content (AvgIpc) is 2.77. The van der Waals surface area contributed by atoms with Crippen molar-refractivity contribution in [2.24, 2.45) is 5.92 Å². The Kier molecular flexibility index (Phi) is 18.2. The van der Waals surface area contributed by atoms with Crippen molar-refractivity contribution in [1.82, 2.24) is 10.6 Å². The molecule has 0 unspecified atom stereocenters. The molecule has 6 nitrogen and oxygen atoms in total.